The van der Waals surface area contributed by atoms with Crippen LogP contribution in [0.5, 0.6) is 5.75 Å². The minimum atomic E-state index is -0.160. The lowest BCUT2D eigenvalue weighted by atomic mass is 10.1. The molecule has 0 fully saturated rings. The molecule has 0 heterocycles. The molecule has 0 unspecified atom stereocenters. The predicted octanol–water partition coefficient (Wildman–Crippen LogP) is 5.04. The zero-order valence-electron chi connectivity index (χ0n) is 13.8. The average molecular weight is 376 g/mol. The zero-order valence-corrected chi connectivity index (χ0v) is 15.4. The van der Waals surface area contributed by atoms with E-state index in [-0.39, 0.29) is 12.5 Å². The van der Waals surface area contributed by atoms with Crippen LogP contribution in [0.15, 0.2) is 40.9 Å². The Morgan fingerprint density at radius 1 is 1.17 bits per heavy atom. The van der Waals surface area contributed by atoms with Gasteiger partial charge < -0.3 is 10.1 Å². The Balaban J connectivity index is 1.97. The summed E-state index contributed by atoms with van der Waals surface area (Å²) in [6.45, 7) is 6.09. The van der Waals surface area contributed by atoms with E-state index in [4.69, 9.17) is 4.74 Å². The summed E-state index contributed by atoms with van der Waals surface area (Å²) in [6, 6.07) is 11.9. The van der Waals surface area contributed by atoms with E-state index in [1.54, 1.807) is 0 Å². The van der Waals surface area contributed by atoms with E-state index >= 15 is 0 Å². The van der Waals surface area contributed by atoms with Gasteiger partial charge in [0, 0.05) is 5.69 Å². The molecule has 0 spiro atoms. The number of rotatable bonds is 6. The number of carbonyl (C=O) groups is 1. The molecule has 2 rings (SSSR count). The molecule has 1 N–H and O–H groups in total. The van der Waals surface area contributed by atoms with Crippen LogP contribution in [0, 0.1) is 13.8 Å². The first-order valence-electron chi connectivity index (χ1n) is 7.78. The van der Waals surface area contributed by atoms with Crippen LogP contribution in [0.1, 0.15) is 30.0 Å². The molecule has 0 radical (unpaired) electrons. The van der Waals surface area contributed by atoms with Gasteiger partial charge in [0.2, 0.25) is 0 Å². The topological polar surface area (TPSA) is 38.3 Å². The molecular weight excluding hydrogens is 354 g/mol. The Labute approximate surface area is 146 Å². The van der Waals surface area contributed by atoms with Crippen LogP contribution < -0.4 is 10.1 Å². The lowest BCUT2D eigenvalue weighted by molar-refractivity contribution is -0.118. The number of aryl methyl sites for hydroxylation is 3. The van der Waals surface area contributed by atoms with Crippen molar-refractivity contribution in [3.63, 3.8) is 0 Å². The minimum Gasteiger partial charge on any atom is -0.483 e. The van der Waals surface area contributed by atoms with Crippen molar-refractivity contribution in [2.24, 2.45) is 0 Å². The molecule has 2 aromatic carbocycles. The highest BCUT2D eigenvalue weighted by Crippen LogP contribution is 2.26. The Bertz CT molecular complexity index is 678. The smallest absolute Gasteiger partial charge is 0.262 e. The highest BCUT2D eigenvalue weighted by molar-refractivity contribution is 9.10. The molecule has 2 aromatic rings. The van der Waals surface area contributed by atoms with Gasteiger partial charge in [-0.1, -0.05) is 37.6 Å². The van der Waals surface area contributed by atoms with E-state index in [0.717, 1.165) is 34.1 Å². The van der Waals surface area contributed by atoms with E-state index in [1.165, 1.54) is 5.56 Å². The molecule has 0 aliphatic carbocycles. The molecule has 0 aliphatic rings. The monoisotopic (exact) mass is 375 g/mol. The number of carbonyl (C=O) groups excluding carboxylic acids is 1. The van der Waals surface area contributed by atoms with E-state index in [9.17, 15) is 4.79 Å². The molecule has 0 bridgehead atoms. The number of ether oxygens (including phenoxy) is 1. The van der Waals surface area contributed by atoms with Crippen molar-refractivity contribution in [1.29, 1.82) is 0 Å². The summed E-state index contributed by atoms with van der Waals surface area (Å²) in [6.07, 6.45) is 2.14. The van der Waals surface area contributed by atoms with Crippen molar-refractivity contribution in [3.05, 3.63) is 57.6 Å². The van der Waals surface area contributed by atoms with Crippen molar-refractivity contribution in [3.8, 4) is 5.75 Å². The third-order valence-electron chi connectivity index (χ3n) is 3.64. The Morgan fingerprint density at radius 2 is 1.87 bits per heavy atom. The van der Waals surface area contributed by atoms with Gasteiger partial charge in [-0.15, -0.1) is 0 Å². The fourth-order valence-electron chi connectivity index (χ4n) is 2.44. The van der Waals surface area contributed by atoms with Gasteiger partial charge in [0.25, 0.3) is 5.91 Å². The van der Waals surface area contributed by atoms with Gasteiger partial charge in [-0.25, -0.2) is 0 Å². The van der Waals surface area contributed by atoms with E-state index < -0.39 is 0 Å². The average Bonchev–Trinajstić information content (AvgIpc) is 2.50. The van der Waals surface area contributed by atoms with E-state index in [0.29, 0.717) is 5.75 Å². The highest BCUT2D eigenvalue weighted by atomic mass is 79.9. The lowest BCUT2D eigenvalue weighted by Gasteiger charge is -2.13. The number of hydrogen-bond acceptors (Lipinski definition) is 2. The number of hydrogen-bond donors (Lipinski definition) is 1. The standard InChI is InChI=1S/C19H22BrNO2/c1-4-6-15-9-10-17(16(20)11-15)23-12-18(22)21-19-13(2)7-5-8-14(19)3/h5,7-11H,4,6,12H2,1-3H3,(H,21,22). The summed E-state index contributed by atoms with van der Waals surface area (Å²) in [7, 11) is 0. The van der Waals surface area contributed by atoms with Gasteiger partial charge in [-0.2, -0.15) is 0 Å². The van der Waals surface area contributed by atoms with Crippen molar-refractivity contribution in [1.82, 2.24) is 0 Å². The minimum absolute atomic E-state index is 0.0144. The lowest BCUT2D eigenvalue weighted by Crippen LogP contribution is -2.21. The second kappa shape index (κ2) is 8.16. The van der Waals surface area contributed by atoms with Crippen LogP contribution in [0.25, 0.3) is 0 Å². The number of anilines is 1. The van der Waals surface area contributed by atoms with Crippen LogP contribution >= 0.6 is 15.9 Å². The van der Waals surface area contributed by atoms with Crippen LogP contribution in [0.3, 0.4) is 0 Å². The molecule has 4 heteroatoms. The third-order valence-corrected chi connectivity index (χ3v) is 4.26. The van der Waals surface area contributed by atoms with Crippen LogP contribution in [0.2, 0.25) is 0 Å². The molecular formula is C19H22BrNO2. The molecule has 0 atom stereocenters. The third kappa shape index (κ3) is 4.83. The van der Waals surface area contributed by atoms with E-state index in [1.807, 2.05) is 50.2 Å². The quantitative estimate of drug-likeness (QED) is 0.768. The first-order chi connectivity index (χ1) is 11.0. The largest absolute Gasteiger partial charge is 0.483 e. The summed E-state index contributed by atoms with van der Waals surface area (Å²) in [5.41, 5.74) is 4.21. The van der Waals surface area contributed by atoms with Gasteiger partial charge in [-0.05, 0) is 65.0 Å². The Kier molecular flexibility index (Phi) is 6.22. The number of amides is 1. The number of para-hydroxylation sites is 1. The number of nitrogens with one attached hydrogen (secondary N) is 1. The summed E-state index contributed by atoms with van der Waals surface area (Å²) >= 11 is 3.50. The maximum absolute atomic E-state index is 12.1. The van der Waals surface area contributed by atoms with Crippen LogP contribution in [-0.4, -0.2) is 12.5 Å². The SMILES string of the molecule is CCCc1ccc(OCC(=O)Nc2c(C)cccc2C)c(Br)c1. The predicted molar refractivity (Wildman–Crippen MR) is 98.2 cm³/mol. The Morgan fingerprint density at radius 3 is 2.48 bits per heavy atom. The number of benzene rings is 2. The molecule has 122 valence electrons. The van der Waals surface area contributed by atoms with Gasteiger partial charge in [0.1, 0.15) is 5.75 Å². The van der Waals surface area contributed by atoms with Gasteiger partial charge >= 0.3 is 0 Å². The maximum atomic E-state index is 12.1. The molecule has 23 heavy (non-hydrogen) atoms. The fraction of sp³-hybridized carbons (Fsp3) is 0.316. The summed E-state index contributed by atoms with van der Waals surface area (Å²) in [5.74, 6) is 0.522. The molecule has 1 amide bonds. The van der Waals surface area contributed by atoms with Crippen molar-refractivity contribution < 1.29 is 9.53 Å². The van der Waals surface area contributed by atoms with Crippen molar-refractivity contribution >= 4 is 27.5 Å². The normalized spacial score (nSPS) is 10.4. The Hall–Kier alpha value is -1.81. The maximum Gasteiger partial charge on any atom is 0.262 e. The van der Waals surface area contributed by atoms with Crippen molar-refractivity contribution in [2.45, 2.75) is 33.6 Å². The van der Waals surface area contributed by atoms with Gasteiger partial charge in [-0.3, -0.25) is 4.79 Å². The molecule has 0 saturated carbocycles. The molecule has 0 saturated heterocycles. The second-order valence-electron chi connectivity index (χ2n) is 5.62. The summed E-state index contributed by atoms with van der Waals surface area (Å²) < 4.78 is 6.50. The first-order valence-corrected chi connectivity index (χ1v) is 8.58. The fourth-order valence-corrected chi connectivity index (χ4v) is 2.98. The van der Waals surface area contributed by atoms with Crippen molar-refractivity contribution in [2.75, 3.05) is 11.9 Å². The highest BCUT2D eigenvalue weighted by Gasteiger charge is 2.09. The van der Waals surface area contributed by atoms with Crippen LogP contribution in [0.4, 0.5) is 5.69 Å². The summed E-state index contributed by atoms with van der Waals surface area (Å²) in [5, 5.41) is 2.92. The molecule has 0 aromatic heterocycles. The number of halogens is 1. The molecule has 0 aliphatic heterocycles. The van der Waals surface area contributed by atoms with Gasteiger partial charge in [0.15, 0.2) is 6.61 Å². The van der Waals surface area contributed by atoms with Crippen LogP contribution in [-0.2, 0) is 11.2 Å². The second-order valence-corrected chi connectivity index (χ2v) is 6.47. The zero-order chi connectivity index (χ0) is 16.8. The van der Waals surface area contributed by atoms with Gasteiger partial charge in [0.05, 0.1) is 4.47 Å². The summed E-state index contributed by atoms with van der Waals surface area (Å²) in [4.78, 5) is 12.1. The van der Waals surface area contributed by atoms with E-state index in [2.05, 4.69) is 28.2 Å². The first kappa shape index (κ1) is 17.5. The molecule has 3 nitrogen and oxygen atoms in total.